The van der Waals surface area contributed by atoms with Gasteiger partial charge >= 0.3 is 0 Å². The molecule has 0 aliphatic carbocycles. The number of carbonyl (C=O) groups excluding carboxylic acids is 2. The molecule has 3 rings (SSSR count). The summed E-state index contributed by atoms with van der Waals surface area (Å²) in [5.74, 6) is 0.487. The molecule has 1 aromatic carbocycles. The summed E-state index contributed by atoms with van der Waals surface area (Å²) >= 11 is 0. The van der Waals surface area contributed by atoms with E-state index in [2.05, 4.69) is 5.32 Å². The second kappa shape index (κ2) is 7.85. The highest BCUT2D eigenvalue weighted by molar-refractivity contribution is 6.01. The van der Waals surface area contributed by atoms with Crippen LogP contribution in [0.25, 0.3) is 0 Å². The van der Waals surface area contributed by atoms with E-state index < -0.39 is 0 Å². The predicted octanol–water partition coefficient (Wildman–Crippen LogP) is 1.21. The zero-order valence-electron chi connectivity index (χ0n) is 14.1. The Balaban J connectivity index is 0.00000208. The lowest BCUT2D eigenvalue weighted by molar-refractivity contribution is -0.136. The number of ether oxygens (including phenoxy) is 1. The van der Waals surface area contributed by atoms with Crippen molar-refractivity contribution in [3.63, 3.8) is 0 Å². The first-order valence-electron chi connectivity index (χ1n) is 8.04. The van der Waals surface area contributed by atoms with Crippen molar-refractivity contribution in [2.45, 2.75) is 13.3 Å². The van der Waals surface area contributed by atoms with Gasteiger partial charge in [-0.3, -0.25) is 9.59 Å². The second-order valence-corrected chi connectivity index (χ2v) is 6.16. The third-order valence-corrected chi connectivity index (χ3v) is 4.53. The van der Waals surface area contributed by atoms with Crippen LogP contribution in [0.15, 0.2) is 18.2 Å². The van der Waals surface area contributed by atoms with Crippen LogP contribution in [0, 0.1) is 12.8 Å². The first-order valence-corrected chi connectivity index (χ1v) is 8.04. The molecule has 0 saturated carbocycles. The summed E-state index contributed by atoms with van der Waals surface area (Å²) in [6.45, 7) is 5.49. The number of rotatable bonds is 3. The molecule has 1 N–H and O–H groups in total. The van der Waals surface area contributed by atoms with E-state index in [9.17, 15) is 9.59 Å². The molecular weight excluding hydrogens is 330 g/mol. The number of hydrogen-bond donors (Lipinski definition) is 1. The molecule has 1 unspecified atom stereocenters. The van der Waals surface area contributed by atoms with Crippen molar-refractivity contribution in [2.75, 3.05) is 44.7 Å². The number of benzene rings is 1. The van der Waals surface area contributed by atoms with Gasteiger partial charge in [-0.1, -0.05) is 6.07 Å². The molecule has 2 aliphatic rings. The molecular formula is C17H24ClN3O3. The van der Waals surface area contributed by atoms with Crippen molar-refractivity contribution in [3.8, 4) is 5.75 Å². The van der Waals surface area contributed by atoms with E-state index in [1.165, 1.54) is 0 Å². The zero-order chi connectivity index (χ0) is 16.4. The number of aryl methyl sites for hydroxylation is 1. The minimum absolute atomic E-state index is 0. The van der Waals surface area contributed by atoms with Gasteiger partial charge in [0.05, 0.1) is 18.7 Å². The summed E-state index contributed by atoms with van der Waals surface area (Å²) in [7, 11) is 1.60. The summed E-state index contributed by atoms with van der Waals surface area (Å²) in [6, 6.07) is 5.75. The molecule has 2 heterocycles. The van der Waals surface area contributed by atoms with Crippen molar-refractivity contribution in [1.82, 2.24) is 10.2 Å². The Morgan fingerprint density at radius 2 is 2.00 bits per heavy atom. The fourth-order valence-electron chi connectivity index (χ4n) is 3.26. The van der Waals surface area contributed by atoms with Gasteiger partial charge < -0.3 is 19.9 Å². The van der Waals surface area contributed by atoms with Crippen molar-refractivity contribution in [3.05, 3.63) is 23.8 Å². The van der Waals surface area contributed by atoms with Crippen LogP contribution < -0.4 is 15.0 Å². The summed E-state index contributed by atoms with van der Waals surface area (Å²) in [6.07, 6.45) is 0.278. The van der Waals surface area contributed by atoms with Crippen LogP contribution in [-0.4, -0.2) is 56.5 Å². The van der Waals surface area contributed by atoms with Gasteiger partial charge in [0.1, 0.15) is 5.75 Å². The van der Waals surface area contributed by atoms with E-state index in [1.54, 1.807) is 12.0 Å². The second-order valence-electron chi connectivity index (χ2n) is 6.16. The molecule has 0 radical (unpaired) electrons. The predicted molar refractivity (Wildman–Crippen MR) is 94.9 cm³/mol. The van der Waals surface area contributed by atoms with Crippen molar-refractivity contribution in [2.24, 2.45) is 5.92 Å². The van der Waals surface area contributed by atoms with Crippen LogP contribution in [0.1, 0.15) is 12.0 Å². The van der Waals surface area contributed by atoms with E-state index in [-0.39, 0.29) is 36.6 Å². The molecule has 2 fully saturated rings. The van der Waals surface area contributed by atoms with Crippen molar-refractivity contribution < 1.29 is 14.3 Å². The number of carbonyl (C=O) groups is 2. The Labute approximate surface area is 148 Å². The van der Waals surface area contributed by atoms with E-state index in [0.29, 0.717) is 12.3 Å². The van der Waals surface area contributed by atoms with Gasteiger partial charge in [-0.25, -0.2) is 0 Å². The minimum Gasteiger partial charge on any atom is -0.495 e. The van der Waals surface area contributed by atoms with Crippen LogP contribution in [0.5, 0.6) is 5.75 Å². The van der Waals surface area contributed by atoms with Crippen LogP contribution in [0.2, 0.25) is 0 Å². The van der Waals surface area contributed by atoms with Gasteiger partial charge in [0, 0.05) is 39.1 Å². The monoisotopic (exact) mass is 353 g/mol. The highest BCUT2D eigenvalue weighted by atomic mass is 35.5. The summed E-state index contributed by atoms with van der Waals surface area (Å²) < 4.78 is 5.38. The van der Waals surface area contributed by atoms with E-state index >= 15 is 0 Å². The van der Waals surface area contributed by atoms with Gasteiger partial charge in [-0.05, 0) is 24.6 Å². The molecule has 2 amide bonds. The molecule has 2 saturated heterocycles. The number of anilines is 1. The highest BCUT2D eigenvalue weighted by Crippen LogP contribution is 2.34. The lowest BCUT2D eigenvalue weighted by Crippen LogP contribution is -2.48. The lowest BCUT2D eigenvalue weighted by atomic mass is 10.1. The summed E-state index contributed by atoms with van der Waals surface area (Å²) in [4.78, 5) is 28.6. The number of nitrogens with one attached hydrogen (secondary N) is 1. The van der Waals surface area contributed by atoms with Crippen molar-refractivity contribution >= 4 is 29.9 Å². The van der Waals surface area contributed by atoms with Gasteiger partial charge in [0.2, 0.25) is 11.8 Å². The quantitative estimate of drug-likeness (QED) is 0.887. The summed E-state index contributed by atoms with van der Waals surface area (Å²) in [5.41, 5.74) is 1.82. The largest absolute Gasteiger partial charge is 0.495 e. The topological polar surface area (TPSA) is 61.9 Å². The van der Waals surface area contributed by atoms with E-state index in [4.69, 9.17) is 4.74 Å². The van der Waals surface area contributed by atoms with Crippen LogP contribution in [0.3, 0.4) is 0 Å². The number of nitrogens with zero attached hydrogens (tertiary/aromatic N) is 2. The SMILES string of the molecule is COc1ccc(C)cc1N1CC(C(=O)N2CCNCC2)CC1=O.Cl. The van der Waals surface area contributed by atoms with Crippen LogP contribution >= 0.6 is 12.4 Å². The maximum Gasteiger partial charge on any atom is 0.228 e. The Kier molecular flexibility index (Phi) is 6.07. The molecule has 1 aromatic rings. The number of methoxy groups -OCH3 is 1. The third-order valence-electron chi connectivity index (χ3n) is 4.53. The standard InChI is InChI=1S/C17H23N3O3.ClH/c1-12-3-4-15(23-2)14(9-12)20-11-13(10-16(20)21)17(22)19-7-5-18-6-8-19;/h3-4,9,13,18H,5-8,10-11H2,1-2H3;1H. The van der Waals surface area contributed by atoms with Gasteiger partial charge in [-0.2, -0.15) is 0 Å². The Hall–Kier alpha value is -1.79. The smallest absolute Gasteiger partial charge is 0.228 e. The number of hydrogen-bond acceptors (Lipinski definition) is 4. The van der Waals surface area contributed by atoms with Gasteiger partial charge in [0.25, 0.3) is 0 Å². The molecule has 0 spiro atoms. The van der Waals surface area contributed by atoms with Gasteiger partial charge in [0.15, 0.2) is 0 Å². The van der Waals surface area contributed by atoms with Crippen LogP contribution in [0.4, 0.5) is 5.69 Å². The maximum absolute atomic E-state index is 12.6. The molecule has 0 bridgehead atoms. The molecule has 24 heavy (non-hydrogen) atoms. The average Bonchev–Trinajstić information content (AvgIpc) is 2.96. The van der Waals surface area contributed by atoms with Gasteiger partial charge in [-0.15, -0.1) is 12.4 Å². The molecule has 6 nitrogen and oxygen atoms in total. The number of amides is 2. The van der Waals surface area contributed by atoms with Crippen LogP contribution in [-0.2, 0) is 9.59 Å². The normalized spacial score (nSPS) is 20.8. The molecule has 7 heteroatoms. The first-order chi connectivity index (χ1) is 11.1. The van der Waals surface area contributed by atoms with E-state index in [1.807, 2.05) is 30.0 Å². The van der Waals surface area contributed by atoms with E-state index in [0.717, 1.165) is 37.4 Å². The molecule has 0 aromatic heterocycles. The molecule has 1 atom stereocenters. The lowest BCUT2D eigenvalue weighted by Gasteiger charge is -2.29. The highest BCUT2D eigenvalue weighted by Gasteiger charge is 2.38. The minimum atomic E-state index is -0.259. The fraction of sp³-hybridized carbons (Fsp3) is 0.529. The fourth-order valence-corrected chi connectivity index (χ4v) is 3.26. The Bertz CT molecular complexity index is 617. The zero-order valence-corrected chi connectivity index (χ0v) is 14.9. The maximum atomic E-state index is 12.6. The number of halogens is 1. The van der Waals surface area contributed by atoms with Crippen molar-refractivity contribution in [1.29, 1.82) is 0 Å². The third kappa shape index (κ3) is 3.65. The first kappa shape index (κ1) is 18.5. The molecule has 132 valence electrons. The Morgan fingerprint density at radius 1 is 1.29 bits per heavy atom. The average molecular weight is 354 g/mol. The Morgan fingerprint density at radius 3 is 2.67 bits per heavy atom. The molecule has 2 aliphatic heterocycles. The number of piperazine rings is 1. The summed E-state index contributed by atoms with van der Waals surface area (Å²) in [5, 5.41) is 3.24.